The quantitative estimate of drug-likeness (QED) is 0.815. The minimum atomic E-state index is -0.492. The molecule has 0 spiro atoms. The van der Waals surface area contributed by atoms with Crippen LogP contribution in [0.2, 0.25) is 5.02 Å². The SMILES string of the molecule is O=C(NC1CC1)C(c1ccc(F)cc1)N1CCN(C(=O)c2ccccc2Cl)CC1. The molecule has 2 amide bonds. The molecule has 2 fully saturated rings. The Morgan fingerprint density at radius 1 is 1.00 bits per heavy atom. The van der Waals surface area contributed by atoms with Crippen LogP contribution < -0.4 is 5.32 Å². The molecule has 4 rings (SSSR count). The van der Waals surface area contributed by atoms with Crippen molar-refractivity contribution in [3.8, 4) is 0 Å². The highest BCUT2D eigenvalue weighted by molar-refractivity contribution is 6.33. The van der Waals surface area contributed by atoms with Crippen LogP contribution in [0.3, 0.4) is 0 Å². The number of nitrogens with one attached hydrogen (secondary N) is 1. The summed E-state index contributed by atoms with van der Waals surface area (Å²) in [7, 11) is 0. The highest BCUT2D eigenvalue weighted by Gasteiger charge is 2.34. The summed E-state index contributed by atoms with van der Waals surface area (Å²) in [6.45, 7) is 2.10. The number of amides is 2. The van der Waals surface area contributed by atoms with Crippen molar-refractivity contribution in [2.24, 2.45) is 0 Å². The van der Waals surface area contributed by atoms with Gasteiger partial charge in [-0.15, -0.1) is 0 Å². The molecule has 5 nitrogen and oxygen atoms in total. The van der Waals surface area contributed by atoms with E-state index in [1.807, 2.05) is 0 Å². The molecule has 7 heteroatoms. The largest absolute Gasteiger partial charge is 0.352 e. The number of benzene rings is 2. The average Bonchev–Trinajstić information content (AvgIpc) is 3.54. The maximum Gasteiger partial charge on any atom is 0.255 e. The molecule has 1 saturated heterocycles. The Hall–Kier alpha value is -2.44. The van der Waals surface area contributed by atoms with E-state index in [-0.39, 0.29) is 23.7 Å². The minimum Gasteiger partial charge on any atom is -0.352 e. The van der Waals surface area contributed by atoms with Gasteiger partial charge in [-0.25, -0.2) is 4.39 Å². The molecule has 2 aromatic carbocycles. The fourth-order valence-corrected chi connectivity index (χ4v) is 3.89. The van der Waals surface area contributed by atoms with Gasteiger partial charge >= 0.3 is 0 Å². The van der Waals surface area contributed by atoms with Gasteiger partial charge < -0.3 is 10.2 Å². The number of hydrogen-bond donors (Lipinski definition) is 1. The van der Waals surface area contributed by atoms with Gasteiger partial charge in [-0.2, -0.15) is 0 Å². The van der Waals surface area contributed by atoms with Gasteiger partial charge in [-0.1, -0.05) is 35.9 Å². The average molecular weight is 416 g/mol. The third-order valence-corrected chi connectivity index (χ3v) is 5.76. The molecule has 1 heterocycles. The molecular formula is C22H23ClFN3O2. The topological polar surface area (TPSA) is 52.7 Å². The second-order valence-electron chi connectivity index (χ2n) is 7.54. The Balaban J connectivity index is 1.47. The van der Waals surface area contributed by atoms with Gasteiger partial charge in [-0.3, -0.25) is 14.5 Å². The zero-order chi connectivity index (χ0) is 20.4. The number of piperazine rings is 1. The van der Waals surface area contributed by atoms with E-state index in [0.717, 1.165) is 18.4 Å². The normalized spacial score (nSPS) is 18.3. The van der Waals surface area contributed by atoms with Crippen molar-refractivity contribution >= 4 is 23.4 Å². The van der Waals surface area contributed by atoms with Gasteiger partial charge in [0.15, 0.2) is 0 Å². The summed E-state index contributed by atoms with van der Waals surface area (Å²) in [4.78, 5) is 29.5. The maximum atomic E-state index is 13.4. The molecule has 0 bridgehead atoms. The first-order chi connectivity index (χ1) is 14.0. The van der Waals surface area contributed by atoms with Gasteiger partial charge in [0.2, 0.25) is 5.91 Å². The van der Waals surface area contributed by atoms with Crippen molar-refractivity contribution in [1.82, 2.24) is 15.1 Å². The monoisotopic (exact) mass is 415 g/mol. The van der Waals surface area contributed by atoms with Crippen molar-refractivity contribution in [2.75, 3.05) is 26.2 Å². The molecule has 1 aliphatic carbocycles. The number of carbonyl (C=O) groups is 2. The summed E-state index contributed by atoms with van der Waals surface area (Å²) in [5.74, 6) is -0.494. The van der Waals surface area contributed by atoms with E-state index in [9.17, 15) is 14.0 Å². The first kappa shape index (κ1) is 19.9. The molecule has 0 aromatic heterocycles. The lowest BCUT2D eigenvalue weighted by atomic mass is 10.0. The van der Waals surface area contributed by atoms with Crippen molar-refractivity contribution in [3.63, 3.8) is 0 Å². The third kappa shape index (κ3) is 4.60. The van der Waals surface area contributed by atoms with Gasteiger partial charge in [-0.05, 0) is 42.7 Å². The lowest BCUT2D eigenvalue weighted by Crippen LogP contribution is -2.52. The molecule has 1 aliphatic heterocycles. The van der Waals surface area contributed by atoms with Crippen LogP contribution in [0.5, 0.6) is 0 Å². The van der Waals surface area contributed by atoms with Gasteiger partial charge in [0.1, 0.15) is 11.9 Å². The van der Waals surface area contributed by atoms with Crippen molar-refractivity contribution in [2.45, 2.75) is 24.9 Å². The van der Waals surface area contributed by atoms with Crippen LogP contribution >= 0.6 is 11.6 Å². The van der Waals surface area contributed by atoms with Crippen LogP contribution in [0.15, 0.2) is 48.5 Å². The maximum absolute atomic E-state index is 13.4. The lowest BCUT2D eigenvalue weighted by molar-refractivity contribution is -0.127. The van der Waals surface area contributed by atoms with E-state index in [2.05, 4.69) is 10.2 Å². The smallest absolute Gasteiger partial charge is 0.255 e. The minimum absolute atomic E-state index is 0.0648. The second kappa shape index (κ2) is 8.51. The Morgan fingerprint density at radius 2 is 1.66 bits per heavy atom. The summed E-state index contributed by atoms with van der Waals surface area (Å²) < 4.78 is 13.4. The third-order valence-electron chi connectivity index (χ3n) is 5.43. The molecular weight excluding hydrogens is 393 g/mol. The summed E-state index contributed by atoms with van der Waals surface area (Å²) in [5, 5.41) is 3.50. The molecule has 29 heavy (non-hydrogen) atoms. The standard InChI is InChI=1S/C22H23ClFN3O2/c23-19-4-2-1-3-18(19)22(29)27-13-11-26(12-14-27)20(21(28)25-17-9-10-17)15-5-7-16(24)8-6-15/h1-8,17,20H,9-14H2,(H,25,28). The Bertz CT molecular complexity index is 893. The molecule has 2 aromatic rings. The highest BCUT2D eigenvalue weighted by Crippen LogP contribution is 2.27. The number of carbonyl (C=O) groups excluding carboxylic acids is 2. The van der Waals surface area contributed by atoms with Crippen molar-refractivity contribution in [3.05, 3.63) is 70.5 Å². The highest BCUT2D eigenvalue weighted by atomic mass is 35.5. The number of nitrogens with zero attached hydrogens (tertiary/aromatic N) is 2. The molecule has 1 atom stereocenters. The van der Waals surface area contributed by atoms with Crippen LogP contribution in [0.1, 0.15) is 34.8 Å². The van der Waals surface area contributed by atoms with E-state index in [0.29, 0.717) is 36.8 Å². The second-order valence-corrected chi connectivity index (χ2v) is 7.95. The summed E-state index contributed by atoms with van der Waals surface area (Å²) >= 11 is 6.16. The number of rotatable bonds is 5. The Kier molecular flexibility index (Phi) is 5.83. The first-order valence-electron chi connectivity index (χ1n) is 9.86. The van der Waals surface area contributed by atoms with Gasteiger partial charge in [0.25, 0.3) is 5.91 Å². The predicted molar refractivity (Wildman–Crippen MR) is 109 cm³/mol. The van der Waals surface area contributed by atoms with Crippen molar-refractivity contribution < 1.29 is 14.0 Å². The summed E-state index contributed by atoms with van der Waals surface area (Å²) in [6.07, 6.45) is 2.00. The van der Waals surface area contributed by atoms with Crippen molar-refractivity contribution in [1.29, 1.82) is 0 Å². The molecule has 0 radical (unpaired) electrons. The van der Waals surface area contributed by atoms with Crippen LogP contribution in [-0.2, 0) is 4.79 Å². The van der Waals surface area contributed by atoms with Gasteiger partial charge in [0.05, 0.1) is 10.6 Å². The molecule has 2 aliphatic rings. The van der Waals surface area contributed by atoms with E-state index in [1.165, 1.54) is 12.1 Å². The summed E-state index contributed by atoms with van der Waals surface area (Å²) in [5.41, 5.74) is 1.25. The Labute approximate surface area is 174 Å². The van der Waals surface area contributed by atoms with E-state index in [1.54, 1.807) is 41.3 Å². The summed E-state index contributed by atoms with van der Waals surface area (Å²) in [6, 6.07) is 12.8. The van der Waals surface area contributed by atoms with Crippen LogP contribution in [0, 0.1) is 5.82 Å². The zero-order valence-electron chi connectivity index (χ0n) is 16.0. The molecule has 1 saturated carbocycles. The predicted octanol–water partition coefficient (Wildman–Crippen LogP) is 3.26. The lowest BCUT2D eigenvalue weighted by Gasteiger charge is -2.39. The van der Waals surface area contributed by atoms with E-state index >= 15 is 0 Å². The fourth-order valence-electron chi connectivity index (χ4n) is 3.67. The molecule has 152 valence electrons. The molecule has 1 unspecified atom stereocenters. The molecule has 1 N–H and O–H groups in total. The van der Waals surface area contributed by atoms with Crippen LogP contribution in [-0.4, -0.2) is 53.8 Å². The van der Waals surface area contributed by atoms with E-state index < -0.39 is 6.04 Å². The zero-order valence-corrected chi connectivity index (χ0v) is 16.7. The number of hydrogen-bond acceptors (Lipinski definition) is 3. The first-order valence-corrected chi connectivity index (χ1v) is 10.2. The van der Waals surface area contributed by atoms with E-state index in [4.69, 9.17) is 11.6 Å². The Morgan fingerprint density at radius 3 is 2.28 bits per heavy atom. The fraction of sp³-hybridized carbons (Fsp3) is 0.364. The van der Waals surface area contributed by atoms with Crippen LogP contribution in [0.25, 0.3) is 0 Å². The van der Waals surface area contributed by atoms with Crippen LogP contribution in [0.4, 0.5) is 4.39 Å². The van der Waals surface area contributed by atoms with Gasteiger partial charge in [0, 0.05) is 32.2 Å². The number of halogens is 2.